The smallest absolute Gasteiger partial charge is 0.323 e. The molecule has 1 unspecified atom stereocenters. The molecule has 1 heterocycles. The zero-order valence-corrected chi connectivity index (χ0v) is 24.0. The number of anilines is 2. The average Bonchev–Trinajstić information content (AvgIpc) is 2.90. The van der Waals surface area contributed by atoms with E-state index >= 15 is 0 Å². The highest BCUT2D eigenvalue weighted by Crippen LogP contribution is 2.22. The second kappa shape index (κ2) is 15.1. The average molecular weight is 551 g/mol. The van der Waals surface area contributed by atoms with E-state index in [4.69, 9.17) is 4.74 Å². The molecule has 0 spiro atoms. The lowest BCUT2D eigenvalue weighted by molar-refractivity contribution is -0.146. The molecule has 0 aromatic heterocycles. The fourth-order valence-electron chi connectivity index (χ4n) is 4.94. The summed E-state index contributed by atoms with van der Waals surface area (Å²) in [6.07, 6.45) is 2.65. The summed E-state index contributed by atoms with van der Waals surface area (Å²) in [6.45, 7) is 9.21. The van der Waals surface area contributed by atoms with Crippen molar-refractivity contribution in [3.05, 3.63) is 59.7 Å². The van der Waals surface area contributed by atoms with E-state index in [9.17, 15) is 19.2 Å². The second-order valence-electron chi connectivity index (χ2n) is 10.8. The van der Waals surface area contributed by atoms with Crippen molar-refractivity contribution in [2.75, 3.05) is 30.3 Å². The van der Waals surface area contributed by atoms with Crippen molar-refractivity contribution in [2.45, 2.75) is 65.8 Å². The van der Waals surface area contributed by atoms with Crippen molar-refractivity contribution in [3.63, 3.8) is 0 Å². The molecule has 0 aliphatic carbocycles. The predicted octanol–water partition coefficient (Wildman–Crippen LogP) is 4.90. The molecule has 9 nitrogen and oxygen atoms in total. The number of urea groups is 1. The largest absolute Gasteiger partial charge is 0.466 e. The summed E-state index contributed by atoms with van der Waals surface area (Å²) < 4.78 is 5.08. The van der Waals surface area contributed by atoms with Crippen molar-refractivity contribution in [2.24, 2.45) is 11.8 Å². The van der Waals surface area contributed by atoms with E-state index in [0.717, 1.165) is 29.7 Å². The van der Waals surface area contributed by atoms with Crippen LogP contribution in [0.5, 0.6) is 0 Å². The van der Waals surface area contributed by atoms with Gasteiger partial charge in [-0.3, -0.25) is 14.4 Å². The molecule has 40 heavy (non-hydrogen) atoms. The van der Waals surface area contributed by atoms with Crippen LogP contribution in [0.15, 0.2) is 48.5 Å². The highest BCUT2D eigenvalue weighted by molar-refractivity contribution is 6.00. The van der Waals surface area contributed by atoms with Gasteiger partial charge < -0.3 is 25.6 Å². The van der Waals surface area contributed by atoms with Gasteiger partial charge >= 0.3 is 12.0 Å². The van der Waals surface area contributed by atoms with E-state index in [1.807, 2.05) is 45.0 Å². The molecule has 3 rings (SSSR count). The molecule has 3 N–H and O–H groups in total. The van der Waals surface area contributed by atoms with Gasteiger partial charge in [0.05, 0.1) is 19.4 Å². The number of benzene rings is 2. The van der Waals surface area contributed by atoms with Gasteiger partial charge in [0.15, 0.2) is 0 Å². The highest BCUT2D eigenvalue weighted by Gasteiger charge is 2.31. The number of likely N-dealkylation sites (tertiary alicyclic amines) is 1. The number of hydrogen-bond acceptors (Lipinski definition) is 5. The molecule has 1 saturated heterocycles. The Morgan fingerprint density at radius 1 is 1.02 bits per heavy atom. The first-order chi connectivity index (χ1) is 19.1. The third-order valence-corrected chi connectivity index (χ3v) is 6.90. The fourth-order valence-corrected chi connectivity index (χ4v) is 4.94. The minimum atomic E-state index is -0.625. The molecule has 0 radical (unpaired) electrons. The Bertz CT molecular complexity index is 1160. The standard InChI is InChI=1S/C31H42N4O5/c1-5-40-29(37)19-24-10-8-16-35(20-24)30(38)27(17-21(2)3)33-28(36)18-23-12-14-25(15-13-23)32-31(39)34-26-11-7-6-9-22(26)4/h6-7,9,11-15,21,24,27H,5,8,10,16-20H2,1-4H3,(H,33,36)(H2,32,34,39)/t24?,27-/m0/s1. The molecule has 1 aliphatic heterocycles. The highest BCUT2D eigenvalue weighted by atomic mass is 16.5. The zero-order chi connectivity index (χ0) is 29.1. The lowest BCUT2D eigenvalue weighted by Crippen LogP contribution is -2.52. The third-order valence-electron chi connectivity index (χ3n) is 6.90. The van der Waals surface area contributed by atoms with Gasteiger partial charge in [-0.15, -0.1) is 0 Å². The maximum Gasteiger partial charge on any atom is 0.323 e. The maximum atomic E-state index is 13.4. The number of carbonyl (C=O) groups excluding carboxylic acids is 4. The molecule has 2 aromatic carbocycles. The molecular formula is C31H42N4O5. The number of aryl methyl sites for hydroxylation is 1. The lowest BCUT2D eigenvalue weighted by atomic mass is 9.93. The van der Waals surface area contributed by atoms with Crippen LogP contribution >= 0.6 is 0 Å². The summed E-state index contributed by atoms with van der Waals surface area (Å²) in [6, 6.07) is 13.6. The second-order valence-corrected chi connectivity index (χ2v) is 10.8. The monoisotopic (exact) mass is 550 g/mol. The number of amides is 4. The van der Waals surface area contributed by atoms with Gasteiger partial charge in [-0.05, 0) is 74.3 Å². The minimum Gasteiger partial charge on any atom is -0.466 e. The number of ether oxygens (including phenoxy) is 1. The summed E-state index contributed by atoms with van der Waals surface area (Å²) in [4.78, 5) is 52.5. The van der Waals surface area contributed by atoms with Gasteiger partial charge in [0, 0.05) is 24.5 Å². The van der Waals surface area contributed by atoms with E-state index in [-0.39, 0.29) is 42.1 Å². The summed E-state index contributed by atoms with van der Waals surface area (Å²) in [5.74, 6) is -0.294. The number of rotatable bonds is 11. The van der Waals surface area contributed by atoms with Crippen LogP contribution in [0.2, 0.25) is 0 Å². The molecule has 0 saturated carbocycles. The van der Waals surface area contributed by atoms with Crippen LogP contribution in [-0.2, 0) is 25.5 Å². The summed E-state index contributed by atoms with van der Waals surface area (Å²) in [7, 11) is 0. The van der Waals surface area contributed by atoms with Gasteiger partial charge in [0.2, 0.25) is 11.8 Å². The molecule has 0 bridgehead atoms. The van der Waals surface area contributed by atoms with Crippen molar-refractivity contribution < 1.29 is 23.9 Å². The Hall–Kier alpha value is -3.88. The van der Waals surface area contributed by atoms with Crippen LogP contribution in [0.3, 0.4) is 0 Å². The molecule has 2 atom stereocenters. The molecule has 2 aromatic rings. The predicted molar refractivity (Wildman–Crippen MR) is 156 cm³/mol. The first-order valence-corrected chi connectivity index (χ1v) is 14.1. The van der Waals surface area contributed by atoms with Gasteiger partial charge in [-0.1, -0.05) is 44.2 Å². The molecule has 1 fully saturated rings. The first-order valence-electron chi connectivity index (χ1n) is 14.1. The first kappa shape index (κ1) is 30.7. The van der Waals surface area contributed by atoms with Gasteiger partial charge in [0.25, 0.3) is 0 Å². The van der Waals surface area contributed by atoms with E-state index in [1.165, 1.54) is 0 Å². The van der Waals surface area contributed by atoms with Gasteiger partial charge in [-0.25, -0.2) is 4.79 Å². The Kier molecular flexibility index (Phi) is 11.5. The molecule has 9 heteroatoms. The van der Waals surface area contributed by atoms with E-state index in [1.54, 1.807) is 36.1 Å². The number of esters is 1. The lowest BCUT2D eigenvalue weighted by Gasteiger charge is -2.35. The van der Waals surface area contributed by atoms with E-state index in [0.29, 0.717) is 38.2 Å². The zero-order valence-electron chi connectivity index (χ0n) is 24.0. The van der Waals surface area contributed by atoms with Crippen LogP contribution in [0, 0.1) is 18.8 Å². The fraction of sp³-hybridized carbons (Fsp3) is 0.484. The Labute approximate surface area is 237 Å². The van der Waals surface area contributed by atoms with Gasteiger partial charge in [0.1, 0.15) is 6.04 Å². The van der Waals surface area contributed by atoms with Crippen LogP contribution in [0.1, 0.15) is 57.6 Å². The molecule has 1 aliphatic rings. The topological polar surface area (TPSA) is 117 Å². The van der Waals surface area contributed by atoms with Crippen LogP contribution in [0.25, 0.3) is 0 Å². The number of piperidine rings is 1. The third kappa shape index (κ3) is 9.70. The quantitative estimate of drug-likeness (QED) is 0.344. The Morgan fingerprint density at radius 2 is 1.75 bits per heavy atom. The number of carbonyl (C=O) groups is 4. The minimum absolute atomic E-state index is 0.0677. The summed E-state index contributed by atoms with van der Waals surface area (Å²) >= 11 is 0. The normalized spacial score (nSPS) is 15.7. The van der Waals surface area contributed by atoms with Crippen LogP contribution in [0.4, 0.5) is 16.2 Å². The van der Waals surface area contributed by atoms with E-state index < -0.39 is 6.04 Å². The number of hydrogen-bond donors (Lipinski definition) is 3. The number of nitrogens with zero attached hydrogens (tertiary/aromatic N) is 1. The van der Waals surface area contributed by atoms with Gasteiger partial charge in [-0.2, -0.15) is 0 Å². The Morgan fingerprint density at radius 3 is 2.42 bits per heavy atom. The van der Waals surface area contributed by atoms with Crippen LogP contribution < -0.4 is 16.0 Å². The number of para-hydroxylation sites is 1. The molecule has 216 valence electrons. The van der Waals surface area contributed by atoms with Crippen molar-refractivity contribution in [1.82, 2.24) is 10.2 Å². The van der Waals surface area contributed by atoms with Crippen molar-refractivity contribution >= 4 is 35.2 Å². The Balaban J connectivity index is 1.54. The summed E-state index contributed by atoms with van der Waals surface area (Å²) in [5.41, 5.74) is 3.07. The summed E-state index contributed by atoms with van der Waals surface area (Å²) in [5, 5.41) is 8.57. The van der Waals surface area contributed by atoms with Crippen molar-refractivity contribution in [3.8, 4) is 0 Å². The SMILES string of the molecule is CCOC(=O)CC1CCCN(C(=O)[C@H](CC(C)C)NC(=O)Cc2ccc(NC(=O)Nc3ccccc3C)cc2)C1. The van der Waals surface area contributed by atoms with E-state index in [2.05, 4.69) is 16.0 Å². The van der Waals surface area contributed by atoms with Crippen molar-refractivity contribution in [1.29, 1.82) is 0 Å². The molecular weight excluding hydrogens is 508 g/mol. The molecule has 4 amide bonds. The number of nitrogens with one attached hydrogen (secondary N) is 3. The maximum absolute atomic E-state index is 13.4. The van der Waals surface area contributed by atoms with Crippen LogP contribution in [-0.4, -0.2) is 54.5 Å².